The van der Waals surface area contributed by atoms with Crippen molar-refractivity contribution >= 4 is 17.4 Å². The fourth-order valence-corrected chi connectivity index (χ4v) is 2.70. The van der Waals surface area contributed by atoms with Gasteiger partial charge in [-0.15, -0.1) is 0 Å². The summed E-state index contributed by atoms with van der Waals surface area (Å²) in [6, 6.07) is 11.7. The van der Waals surface area contributed by atoms with Crippen molar-refractivity contribution in [1.82, 2.24) is 10.3 Å². The summed E-state index contributed by atoms with van der Waals surface area (Å²) in [5.41, 5.74) is 2.33. The van der Waals surface area contributed by atoms with E-state index < -0.39 is 5.54 Å². The third-order valence-electron chi connectivity index (χ3n) is 4.02. The SMILES string of the molecule is CC(C)(CO)NC(=O)c1ccnc(N2CCc3ccccc32)c1. The van der Waals surface area contributed by atoms with Crippen LogP contribution in [0.5, 0.6) is 0 Å². The van der Waals surface area contributed by atoms with Gasteiger partial charge in [-0.25, -0.2) is 4.98 Å². The first-order chi connectivity index (χ1) is 11.0. The van der Waals surface area contributed by atoms with Gasteiger partial charge in [-0.1, -0.05) is 18.2 Å². The van der Waals surface area contributed by atoms with E-state index in [-0.39, 0.29) is 12.5 Å². The van der Waals surface area contributed by atoms with Gasteiger partial charge in [-0.2, -0.15) is 0 Å². The number of benzene rings is 1. The number of carbonyl (C=O) groups excluding carboxylic acids is 1. The number of nitrogens with zero attached hydrogens (tertiary/aromatic N) is 2. The summed E-state index contributed by atoms with van der Waals surface area (Å²) in [5.74, 6) is 0.560. The van der Waals surface area contributed by atoms with E-state index in [4.69, 9.17) is 0 Å². The number of aliphatic hydroxyl groups excluding tert-OH is 1. The van der Waals surface area contributed by atoms with Crippen LogP contribution in [0.4, 0.5) is 11.5 Å². The Kier molecular flexibility index (Phi) is 4.05. The lowest BCUT2D eigenvalue weighted by molar-refractivity contribution is 0.0869. The van der Waals surface area contributed by atoms with E-state index in [1.807, 2.05) is 12.1 Å². The van der Waals surface area contributed by atoms with Crippen LogP contribution < -0.4 is 10.2 Å². The molecule has 5 heteroatoms. The molecule has 3 rings (SSSR count). The number of hydrogen-bond donors (Lipinski definition) is 2. The molecule has 1 aliphatic rings. The lowest BCUT2D eigenvalue weighted by atomic mass is 10.1. The first-order valence-corrected chi connectivity index (χ1v) is 7.75. The molecule has 0 saturated carbocycles. The van der Waals surface area contributed by atoms with Gasteiger partial charge in [0.15, 0.2) is 0 Å². The standard InChI is InChI=1S/C18H21N3O2/c1-18(2,12-22)20-17(23)14-7-9-19-16(11-14)21-10-8-13-5-3-4-6-15(13)21/h3-7,9,11,22H,8,10,12H2,1-2H3,(H,20,23). The van der Waals surface area contributed by atoms with Crippen molar-refractivity contribution in [2.24, 2.45) is 0 Å². The number of amides is 1. The van der Waals surface area contributed by atoms with Crippen LogP contribution in [0, 0.1) is 0 Å². The monoisotopic (exact) mass is 311 g/mol. The molecule has 23 heavy (non-hydrogen) atoms. The highest BCUT2D eigenvalue weighted by atomic mass is 16.3. The quantitative estimate of drug-likeness (QED) is 0.909. The van der Waals surface area contributed by atoms with Crippen molar-refractivity contribution in [3.63, 3.8) is 0 Å². The zero-order valence-electron chi connectivity index (χ0n) is 13.4. The van der Waals surface area contributed by atoms with Gasteiger partial charge in [0.1, 0.15) is 5.82 Å². The van der Waals surface area contributed by atoms with E-state index in [0.717, 1.165) is 24.5 Å². The molecule has 1 aromatic heterocycles. The van der Waals surface area contributed by atoms with E-state index in [2.05, 4.69) is 27.3 Å². The largest absolute Gasteiger partial charge is 0.394 e. The molecular weight excluding hydrogens is 290 g/mol. The zero-order valence-corrected chi connectivity index (χ0v) is 13.4. The Bertz CT molecular complexity index is 728. The second kappa shape index (κ2) is 6.01. The maximum atomic E-state index is 12.4. The predicted octanol–water partition coefficient (Wildman–Crippen LogP) is 2.28. The number of carbonyl (C=O) groups is 1. The van der Waals surface area contributed by atoms with Gasteiger partial charge in [0, 0.05) is 24.0 Å². The number of nitrogens with one attached hydrogen (secondary N) is 1. The van der Waals surface area contributed by atoms with E-state index >= 15 is 0 Å². The number of aromatic nitrogens is 1. The van der Waals surface area contributed by atoms with Crippen molar-refractivity contribution in [2.45, 2.75) is 25.8 Å². The molecule has 0 aliphatic carbocycles. The van der Waals surface area contributed by atoms with Crippen LogP contribution in [-0.2, 0) is 6.42 Å². The topological polar surface area (TPSA) is 65.5 Å². The second-order valence-corrected chi connectivity index (χ2v) is 6.43. The number of pyridine rings is 1. The third kappa shape index (κ3) is 3.19. The molecule has 0 spiro atoms. The molecule has 1 aliphatic heterocycles. The van der Waals surface area contributed by atoms with Gasteiger partial charge >= 0.3 is 0 Å². The van der Waals surface area contributed by atoms with Gasteiger partial charge in [0.25, 0.3) is 5.91 Å². The molecule has 0 atom stereocenters. The lowest BCUT2D eigenvalue weighted by Gasteiger charge is -2.24. The average molecular weight is 311 g/mol. The fraction of sp³-hybridized carbons (Fsp3) is 0.333. The predicted molar refractivity (Wildman–Crippen MR) is 90.0 cm³/mol. The van der Waals surface area contributed by atoms with Crippen LogP contribution in [0.25, 0.3) is 0 Å². The summed E-state index contributed by atoms with van der Waals surface area (Å²) in [5, 5.41) is 12.1. The maximum absolute atomic E-state index is 12.4. The van der Waals surface area contributed by atoms with E-state index in [9.17, 15) is 9.90 Å². The third-order valence-corrected chi connectivity index (χ3v) is 4.02. The molecule has 0 fully saturated rings. The Morgan fingerprint density at radius 1 is 1.35 bits per heavy atom. The number of rotatable bonds is 4. The maximum Gasteiger partial charge on any atom is 0.251 e. The minimum atomic E-state index is -0.652. The van der Waals surface area contributed by atoms with Crippen LogP contribution in [0.3, 0.4) is 0 Å². The first kappa shape index (κ1) is 15.5. The number of fused-ring (bicyclic) bond motifs is 1. The van der Waals surface area contributed by atoms with Gasteiger partial charge in [-0.05, 0) is 44.0 Å². The summed E-state index contributed by atoms with van der Waals surface area (Å²) in [6.45, 7) is 4.31. The molecule has 2 aromatic rings. The lowest BCUT2D eigenvalue weighted by Crippen LogP contribution is -2.46. The molecule has 0 saturated heterocycles. The van der Waals surface area contributed by atoms with Crippen molar-refractivity contribution in [2.75, 3.05) is 18.1 Å². The summed E-state index contributed by atoms with van der Waals surface area (Å²) in [6.07, 6.45) is 2.63. The molecule has 0 bridgehead atoms. The van der Waals surface area contributed by atoms with Crippen LogP contribution >= 0.6 is 0 Å². The Labute approximate surface area is 136 Å². The molecular formula is C18H21N3O2. The van der Waals surface area contributed by atoms with Crippen molar-refractivity contribution in [3.8, 4) is 0 Å². The Hall–Kier alpha value is -2.40. The van der Waals surface area contributed by atoms with Crippen molar-refractivity contribution in [3.05, 3.63) is 53.7 Å². The Balaban J connectivity index is 1.85. The summed E-state index contributed by atoms with van der Waals surface area (Å²) in [4.78, 5) is 18.9. The van der Waals surface area contributed by atoms with E-state index in [1.165, 1.54) is 5.56 Å². The van der Waals surface area contributed by atoms with Gasteiger partial charge in [0.2, 0.25) is 0 Å². The number of hydrogen-bond acceptors (Lipinski definition) is 4. The van der Waals surface area contributed by atoms with E-state index in [1.54, 1.807) is 32.2 Å². The fourth-order valence-electron chi connectivity index (χ4n) is 2.70. The average Bonchev–Trinajstić information content (AvgIpc) is 2.98. The molecule has 0 radical (unpaired) electrons. The van der Waals surface area contributed by atoms with E-state index in [0.29, 0.717) is 5.56 Å². The number of anilines is 2. The molecule has 1 amide bonds. The number of para-hydroxylation sites is 1. The summed E-state index contributed by atoms with van der Waals surface area (Å²) in [7, 11) is 0. The number of aliphatic hydroxyl groups is 1. The summed E-state index contributed by atoms with van der Waals surface area (Å²) < 4.78 is 0. The molecule has 1 aromatic carbocycles. The summed E-state index contributed by atoms with van der Waals surface area (Å²) >= 11 is 0. The second-order valence-electron chi connectivity index (χ2n) is 6.43. The van der Waals surface area contributed by atoms with Crippen molar-refractivity contribution < 1.29 is 9.90 Å². The van der Waals surface area contributed by atoms with Crippen molar-refractivity contribution in [1.29, 1.82) is 0 Å². The molecule has 2 N–H and O–H groups in total. The molecule has 120 valence electrons. The zero-order chi connectivity index (χ0) is 16.4. The van der Waals surface area contributed by atoms with Crippen LogP contribution in [-0.4, -0.2) is 34.7 Å². The highest BCUT2D eigenvalue weighted by Gasteiger charge is 2.23. The first-order valence-electron chi connectivity index (χ1n) is 7.75. The minimum absolute atomic E-state index is 0.115. The highest BCUT2D eigenvalue weighted by molar-refractivity contribution is 5.95. The Morgan fingerprint density at radius 3 is 2.91 bits per heavy atom. The molecule has 2 heterocycles. The Morgan fingerprint density at radius 2 is 2.13 bits per heavy atom. The van der Waals surface area contributed by atoms with Crippen LogP contribution in [0.15, 0.2) is 42.6 Å². The van der Waals surface area contributed by atoms with Gasteiger partial charge in [0.05, 0.1) is 12.1 Å². The van der Waals surface area contributed by atoms with Crippen LogP contribution in [0.1, 0.15) is 29.8 Å². The van der Waals surface area contributed by atoms with Crippen LogP contribution in [0.2, 0.25) is 0 Å². The van der Waals surface area contributed by atoms with Gasteiger partial charge in [-0.3, -0.25) is 4.79 Å². The van der Waals surface area contributed by atoms with Gasteiger partial charge < -0.3 is 15.3 Å². The highest BCUT2D eigenvalue weighted by Crippen LogP contribution is 2.33. The normalized spacial score (nSPS) is 13.8. The molecule has 5 nitrogen and oxygen atoms in total. The minimum Gasteiger partial charge on any atom is -0.394 e. The smallest absolute Gasteiger partial charge is 0.251 e. The molecule has 0 unspecified atom stereocenters.